The topological polar surface area (TPSA) is 41.6 Å². The Morgan fingerprint density at radius 3 is 2.87 bits per heavy atom. The Bertz CT molecular complexity index is 236. The zero-order chi connectivity index (χ0) is 11.5. The van der Waals surface area contributed by atoms with E-state index in [2.05, 4.69) is 5.32 Å². The first-order chi connectivity index (χ1) is 7.00. The summed E-state index contributed by atoms with van der Waals surface area (Å²) in [5, 5.41) is 2.66. The van der Waals surface area contributed by atoms with Crippen LogP contribution < -0.4 is 5.32 Å². The number of rotatable bonds is 4. The summed E-state index contributed by atoms with van der Waals surface area (Å²) in [6, 6.07) is -0.508. The fraction of sp³-hybridized carbons (Fsp3) is 0.889. The number of nitrogens with zero attached hydrogens (tertiary/aromatic N) is 1. The van der Waals surface area contributed by atoms with Crippen molar-refractivity contribution in [3.8, 4) is 0 Å². The summed E-state index contributed by atoms with van der Waals surface area (Å²) in [4.78, 5) is 12.7. The molecule has 0 aromatic rings. The third-order valence-electron chi connectivity index (χ3n) is 2.38. The summed E-state index contributed by atoms with van der Waals surface area (Å²) in [7, 11) is 3.05. The molecular weight excluding hydrogens is 206 g/mol. The fourth-order valence-corrected chi connectivity index (χ4v) is 1.78. The van der Waals surface area contributed by atoms with Crippen LogP contribution in [0.2, 0.25) is 0 Å². The highest BCUT2D eigenvalue weighted by molar-refractivity contribution is 5.79. The van der Waals surface area contributed by atoms with Gasteiger partial charge in [0.1, 0.15) is 0 Å². The molecule has 1 amide bonds. The van der Waals surface area contributed by atoms with Crippen molar-refractivity contribution in [2.24, 2.45) is 0 Å². The smallest absolute Gasteiger partial charge is 0.267 e. The maximum absolute atomic E-state index is 13.1. The number of nitrogens with one attached hydrogen (secondary N) is 1. The molecule has 4 nitrogen and oxygen atoms in total. The van der Waals surface area contributed by atoms with Crippen molar-refractivity contribution in [2.45, 2.75) is 18.4 Å². The molecule has 0 radical (unpaired) electrons. The molecule has 88 valence electrons. The number of carbonyl (C=O) groups excluding carboxylic acids is 1. The number of amides is 1. The van der Waals surface area contributed by atoms with Crippen LogP contribution in [0.15, 0.2) is 0 Å². The lowest BCUT2D eigenvalue weighted by molar-refractivity contribution is -0.132. The maximum atomic E-state index is 13.1. The highest BCUT2D eigenvalue weighted by atomic mass is 19.3. The van der Waals surface area contributed by atoms with Crippen molar-refractivity contribution >= 4 is 5.91 Å². The van der Waals surface area contributed by atoms with Gasteiger partial charge in [-0.15, -0.1) is 0 Å². The van der Waals surface area contributed by atoms with Crippen molar-refractivity contribution in [1.82, 2.24) is 10.2 Å². The van der Waals surface area contributed by atoms with E-state index in [0.717, 1.165) is 0 Å². The minimum Gasteiger partial charge on any atom is -0.383 e. The second kappa shape index (κ2) is 4.85. The Kier molecular flexibility index (Phi) is 3.98. The summed E-state index contributed by atoms with van der Waals surface area (Å²) >= 11 is 0. The number of likely N-dealkylation sites (N-methyl/N-ethyl adjacent to an activating group) is 1. The molecule has 1 fully saturated rings. The number of hydrogen-bond acceptors (Lipinski definition) is 3. The standard InChI is InChI=1S/C9H16F2N2O2/c1-12-4-8(14)13-6-9(10,11)3-7(13)5-15-2/h7,12H,3-6H2,1-2H3. The summed E-state index contributed by atoms with van der Waals surface area (Å²) in [5.74, 6) is -3.09. The molecule has 1 rings (SSSR count). The molecule has 1 saturated heterocycles. The van der Waals surface area contributed by atoms with Gasteiger partial charge < -0.3 is 15.0 Å². The van der Waals surface area contributed by atoms with Crippen LogP contribution in [0.5, 0.6) is 0 Å². The number of ether oxygens (including phenoxy) is 1. The van der Waals surface area contributed by atoms with Crippen LogP contribution in [-0.2, 0) is 9.53 Å². The second-order valence-electron chi connectivity index (χ2n) is 3.72. The van der Waals surface area contributed by atoms with Crippen molar-refractivity contribution in [3.05, 3.63) is 0 Å². The van der Waals surface area contributed by atoms with Gasteiger partial charge in [0.05, 0.1) is 25.7 Å². The van der Waals surface area contributed by atoms with E-state index >= 15 is 0 Å². The van der Waals surface area contributed by atoms with Crippen molar-refractivity contribution < 1.29 is 18.3 Å². The van der Waals surface area contributed by atoms with Gasteiger partial charge in [-0.05, 0) is 7.05 Å². The van der Waals surface area contributed by atoms with E-state index in [-0.39, 0.29) is 25.5 Å². The first kappa shape index (κ1) is 12.3. The summed E-state index contributed by atoms with van der Waals surface area (Å²) < 4.78 is 31.0. The van der Waals surface area contributed by atoms with Gasteiger partial charge in [-0.3, -0.25) is 4.79 Å². The predicted octanol–water partition coefficient (Wildman–Crippen LogP) is 0.0884. The fourth-order valence-electron chi connectivity index (χ4n) is 1.78. The van der Waals surface area contributed by atoms with Crippen molar-refractivity contribution in [2.75, 3.05) is 33.9 Å². The van der Waals surface area contributed by atoms with Crippen LogP contribution in [0.25, 0.3) is 0 Å². The molecule has 0 aromatic carbocycles. The quantitative estimate of drug-likeness (QED) is 0.733. The van der Waals surface area contributed by atoms with Gasteiger partial charge >= 0.3 is 0 Å². The van der Waals surface area contributed by atoms with Gasteiger partial charge in [-0.25, -0.2) is 8.78 Å². The molecular formula is C9H16F2N2O2. The Morgan fingerprint density at radius 1 is 1.67 bits per heavy atom. The number of hydrogen-bond donors (Lipinski definition) is 1. The van der Waals surface area contributed by atoms with E-state index < -0.39 is 18.5 Å². The Morgan fingerprint density at radius 2 is 2.33 bits per heavy atom. The van der Waals surface area contributed by atoms with Gasteiger partial charge in [0.15, 0.2) is 0 Å². The van der Waals surface area contributed by atoms with Gasteiger partial charge in [-0.2, -0.15) is 0 Å². The van der Waals surface area contributed by atoms with E-state index in [1.54, 1.807) is 7.05 Å². The van der Waals surface area contributed by atoms with Gasteiger partial charge in [0.2, 0.25) is 5.91 Å². The van der Waals surface area contributed by atoms with Crippen LogP contribution in [0, 0.1) is 0 Å². The Balaban J connectivity index is 2.64. The number of alkyl halides is 2. The number of carbonyl (C=O) groups is 1. The molecule has 1 N–H and O–H groups in total. The maximum Gasteiger partial charge on any atom is 0.267 e. The van der Waals surface area contributed by atoms with Crippen LogP contribution in [0.1, 0.15) is 6.42 Å². The molecule has 0 bridgehead atoms. The molecule has 0 spiro atoms. The van der Waals surface area contributed by atoms with Crippen LogP contribution >= 0.6 is 0 Å². The van der Waals surface area contributed by atoms with Gasteiger partial charge in [0, 0.05) is 13.5 Å². The second-order valence-corrected chi connectivity index (χ2v) is 3.72. The SMILES string of the molecule is CNCC(=O)N1CC(F)(F)CC1COC. The molecule has 1 heterocycles. The van der Waals surface area contributed by atoms with E-state index in [4.69, 9.17) is 4.74 Å². The lowest BCUT2D eigenvalue weighted by atomic mass is 10.2. The average Bonchev–Trinajstić information content (AvgIpc) is 2.42. The zero-order valence-electron chi connectivity index (χ0n) is 8.93. The Hall–Kier alpha value is -0.750. The molecule has 0 aliphatic carbocycles. The average molecular weight is 222 g/mol. The van der Waals surface area contributed by atoms with E-state index in [1.807, 2.05) is 0 Å². The lowest BCUT2D eigenvalue weighted by Crippen LogP contribution is -2.42. The monoisotopic (exact) mass is 222 g/mol. The van der Waals surface area contributed by atoms with Gasteiger partial charge in [-0.1, -0.05) is 0 Å². The minimum absolute atomic E-state index is 0.0797. The largest absolute Gasteiger partial charge is 0.383 e. The Labute approximate surface area is 87.6 Å². The summed E-state index contributed by atoms with van der Waals surface area (Å²) in [6.45, 7) is -0.261. The van der Waals surface area contributed by atoms with Crippen molar-refractivity contribution in [1.29, 1.82) is 0 Å². The summed E-state index contributed by atoms with van der Waals surface area (Å²) in [5.41, 5.74) is 0. The van der Waals surface area contributed by atoms with Crippen LogP contribution in [0.3, 0.4) is 0 Å². The molecule has 0 saturated carbocycles. The number of halogens is 2. The zero-order valence-corrected chi connectivity index (χ0v) is 8.93. The molecule has 1 aliphatic heterocycles. The molecule has 1 aliphatic rings. The van der Waals surface area contributed by atoms with E-state index in [9.17, 15) is 13.6 Å². The third-order valence-corrected chi connectivity index (χ3v) is 2.38. The van der Waals surface area contributed by atoms with Crippen LogP contribution in [0.4, 0.5) is 8.78 Å². The van der Waals surface area contributed by atoms with E-state index in [0.29, 0.717) is 0 Å². The van der Waals surface area contributed by atoms with Gasteiger partial charge in [0.25, 0.3) is 5.92 Å². The molecule has 15 heavy (non-hydrogen) atoms. The van der Waals surface area contributed by atoms with E-state index in [1.165, 1.54) is 12.0 Å². The molecule has 6 heteroatoms. The summed E-state index contributed by atoms with van der Waals surface area (Å²) in [6.07, 6.45) is -0.309. The van der Waals surface area contributed by atoms with Crippen molar-refractivity contribution in [3.63, 3.8) is 0 Å². The minimum atomic E-state index is -2.79. The molecule has 1 unspecified atom stereocenters. The highest BCUT2D eigenvalue weighted by Gasteiger charge is 2.46. The number of likely N-dealkylation sites (tertiary alicyclic amines) is 1. The highest BCUT2D eigenvalue weighted by Crippen LogP contribution is 2.31. The lowest BCUT2D eigenvalue weighted by Gasteiger charge is -2.23. The number of methoxy groups -OCH3 is 1. The third kappa shape index (κ3) is 3.10. The van der Waals surface area contributed by atoms with Crippen LogP contribution in [-0.4, -0.2) is 56.6 Å². The molecule has 1 atom stereocenters. The predicted molar refractivity (Wildman–Crippen MR) is 50.9 cm³/mol. The first-order valence-corrected chi connectivity index (χ1v) is 4.81. The molecule has 0 aromatic heterocycles. The first-order valence-electron chi connectivity index (χ1n) is 4.81. The normalized spacial score (nSPS) is 24.5.